The molecule has 0 fully saturated rings. The molecule has 0 unspecified atom stereocenters. The smallest absolute Gasteiger partial charge is 0.308 e. The highest BCUT2D eigenvalue weighted by Crippen LogP contribution is 1.94. The highest BCUT2D eigenvalue weighted by Gasteiger charge is 2.05. The van der Waals surface area contributed by atoms with E-state index < -0.39 is 0 Å². The zero-order valence-electron chi connectivity index (χ0n) is 6.76. The molecule has 0 amide bonds. The van der Waals surface area contributed by atoms with Crippen molar-refractivity contribution in [2.24, 2.45) is 5.92 Å². The molecule has 0 radical (unpaired) electrons. The van der Waals surface area contributed by atoms with E-state index in [2.05, 4.69) is 0 Å². The molecule has 0 aromatic heterocycles. The van der Waals surface area contributed by atoms with Gasteiger partial charge in [-0.2, -0.15) is 0 Å². The Labute approximate surface area is 61.9 Å². The molecule has 0 saturated heterocycles. The summed E-state index contributed by atoms with van der Waals surface area (Å²) in [5.74, 6) is -0.164. The average molecular weight is 142 g/mol. The van der Waals surface area contributed by atoms with Gasteiger partial charge in [0.1, 0.15) is 6.61 Å². The molecule has 0 rings (SSSR count). The van der Waals surface area contributed by atoms with Crippen molar-refractivity contribution in [1.29, 1.82) is 0 Å². The minimum atomic E-state index is -0.141. The number of hydrogen-bond acceptors (Lipinski definition) is 2. The number of rotatable bonds is 3. The molecule has 0 aromatic carbocycles. The second-order valence-corrected chi connectivity index (χ2v) is 2.35. The number of ether oxygens (including phenoxy) is 1. The molecule has 0 aliphatic carbocycles. The van der Waals surface area contributed by atoms with Crippen molar-refractivity contribution in [3.63, 3.8) is 0 Å². The first-order chi connectivity index (χ1) is 4.68. The van der Waals surface area contributed by atoms with Crippen LogP contribution in [0.25, 0.3) is 0 Å². The molecular formula is C8H14O2. The van der Waals surface area contributed by atoms with Crippen LogP contribution in [0.2, 0.25) is 0 Å². The van der Waals surface area contributed by atoms with Crippen LogP contribution in [-0.2, 0) is 9.53 Å². The highest BCUT2D eigenvalue weighted by atomic mass is 16.5. The molecule has 0 N–H and O–H groups in total. The van der Waals surface area contributed by atoms with Gasteiger partial charge in [0, 0.05) is 0 Å². The summed E-state index contributed by atoms with van der Waals surface area (Å²) in [6.07, 6.45) is 3.66. The molecule has 0 bridgehead atoms. The van der Waals surface area contributed by atoms with Gasteiger partial charge in [-0.3, -0.25) is 4.79 Å². The van der Waals surface area contributed by atoms with Gasteiger partial charge in [-0.25, -0.2) is 0 Å². The Morgan fingerprint density at radius 1 is 1.60 bits per heavy atom. The van der Waals surface area contributed by atoms with Crippen molar-refractivity contribution >= 4 is 5.97 Å². The normalized spacial score (nSPS) is 10.8. The number of carbonyl (C=O) groups excluding carboxylic acids is 1. The van der Waals surface area contributed by atoms with E-state index in [1.54, 1.807) is 6.08 Å². The number of carbonyl (C=O) groups is 1. The summed E-state index contributed by atoms with van der Waals surface area (Å²) in [7, 11) is 0. The van der Waals surface area contributed by atoms with Gasteiger partial charge in [0.15, 0.2) is 0 Å². The Hall–Kier alpha value is -0.790. The van der Waals surface area contributed by atoms with Gasteiger partial charge in [-0.1, -0.05) is 26.0 Å². The Bertz CT molecular complexity index is 125. The number of hydrogen-bond donors (Lipinski definition) is 0. The lowest BCUT2D eigenvalue weighted by molar-refractivity contribution is -0.146. The molecule has 0 aliphatic rings. The monoisotopic (exact) mass is 142 g/mol. The molecular weight excluding hydrogens is 128 g/mol. The molecule has 0 aromatic rings. The lowest BCUT2D eigenvalue weighted by atomic mass is 10.2. The van der Waals surface area contributed by atoms with Gasteiger partial charge in [0.05, 0.1) is 5.92 Å². The molecule has 58 valence electrons. The summed E-state index contributed by atoms with van der Waals surface area (Å²) < 4.78 is 4.82. The second kappa shape index (κ2) is 5.03. The Morgan fingerprint density at radius 3 is 2.60 bits per heavy atom. The van der Waals surface area contributed by atoms with E-state index in [4.69, 9.17) is 4.74 Å². The van der Waals surface area contributed by atoms with Gasteiger partial charge < -0.3 is 4.74 Å². The van der Waals surface area contributed by atoms with Gasteiger partial charge in [0.25, 0.3) is 0 Å². The molecule has 0 saturated carbocycles. The lowest BCUT2D eigenvalue weighted by Gasteiger charge is -2.02. The Kier molecular flexibility index (Phi) is 4.63. The van der Waals surface area contributed by atoms with Crippen molar-refractivity contribution in [2.75, 3.05) is 6.61 Å². The molecule has 0 heterocycles. The fraction of sp³-hybridized carbons (Fsp3) is 0.625. The summed E-state index contributed by atoms with van der Waals surface area (Å²) in [5, 5.41) is 0. The molecule has 0 aliphatic heterocycles. The minimum absolute atomic E-state index is 0.0229. The van der Waals surface area contributed by atoms with Crippen molar-refractivity contribution in [3.05, 3.63) is 12.2 Å². The van der Waals surface area contributed by atoms with Crippen LogP contribution in [0.15, 0.2) is 12.2 Å². The van der Waals surface area contributed by atoms with Crippen LogP contribution in [0, 0.1) is 5.92 Å². The molecule has 0 spiro atoms. The van der Waals surface area contributed by atoms with Crippen molar-refractivity contribution in [1.82, 2.24) is 0 Å². The predicted molar refractivity (Wildman–Crippen MR) is 40.6 cm³/mol. The summed E-state index contributed by atoms with van der Waals surface area (Å²) in [6.45, 7) is 5.92. The third kappa shape index (κ3) is 4.13. The molecule has 10 heavy (non-hydrogen) atoms. The van der Waals surface area contributed by atoms with E-state index in [1.807, 2.05) is 26.8 Å². The van der Waals surface area contributed by atoms with Crippen molar-refractivity contribution < 1.29 is 9.53 Å². The van der Waals surface area contributed by atoms with E-state index in [0.29, 0.717) is 6.61 Å². The van der Waals surface area contributed by atoms with E-state index >= 15 is 0 Å². The van der Waals surface area contributed by atoms with Crippen LogP contribution in [0.1, 0.15) is 20.8 Å². The summed E-state index contributed by atoms with van der Waals surface area (Å²) in [6, 6.07) is 0. The summed E-state index contributed by atoms with van der Waals surface area (Å²) in [5.41, 5.74) is 0. The summed E-state index contributed by atoms with van der Waals surface area (Å²) in [4.78, 5) is 10.8. The van der Waals surface area contributed by atoms with E-state index in [9.17, 15) is 4.79 Å². The largest absolute Gasteiger partial charge is 0.461 e. The SMILES string of the molecule is C/C=C\COC(=O)C(C)C. The van der Waals surface area contributed by atoms with Crippen LogP contribution in [0.4, 0.5) is 0 Å². The third-order valence-corrected chi connectivity index (χ3v) is 1.03. The van der Waals surface area contributed by atoms with E-state index in [1.165, 1.54) is 0 Å². The number of esters is 1. The minimum Gasteiger partial charge on any atom is -0.461 e. The zero-order valence-corrected chi connectivity index (χ0v) is 6.76. The van der Waals surface area contributed by atoms with Crippen LogP contribution in [-0.4, -0.2) is 12.6 Å². The first kappa shape index (κ1) is 9.21. The van der Waals surface area contributed by atoms with Gasteiger partial charge in [-0.15, -0.1) is 0 Å². The highest BCUT2D eigenvalue weighted by molar-refractivity contribution is 5.71. The Balaban J connectivity index is 3.40. The fourth-order valence-electron chi connectivity index (χ4n) is 0.393. The maximum atomic E-state index is 10.8. The topological polar surface area (TPSA) is 26.3 Å². The van der Waals surface area contributed by atoms with Crippen LogP contribution < -0.4 is 0 Å². The standard InChI is InChI=1S/C8H14O2/c1-4-5-6-10-8(9)7(2)3/h4-5,7H,6H2,1-3H3/b5-4-. The van der Waals surface area contributed by atoms with Gasteiger partial charge in [0.2, 0.25) is 0 Å². The van der Waals surface area contributed by atoms with Crippen LogP contribution in [0.3, 0.4) is 0 Å². The zero-order chi connectivity index (χ0) is 7.98. The predicted octanol–water partition coefficient (Wildman–Crippen LogP) is 1.76. The molecule has 0 atom stereocenters. The van der Waals surface area contributed by atoms with Crippen molar-refractivity contribution in [2.45, 2.75) is 20.8 Å². The first-order valence-electron chi connectivity index (χ1n) is 3.46. The maximum Gasteiger partial charge on any atom is 0.308 e. The van der Waals surface area contributed by atoms with Gasteiger partial charge in [-0.05, 0) is 6.92 Å². The van der Waals surface area contributed by atoms with E-state index in [-0.39, 0.29) is 11.9 Å². The second-order valence-electron chi connectivity index (χ2n) is 2.35. The molecule has 2 heteroatoms. The lowest BCUT2D eigenvalue weighted by Crippen LogP contribution is -2.11. The van der Waals surface area contributed by atoms with E-state index in [0.717, 1.165) is 0 Å². The third-order valence-electron chi connectivity index (χ3n) is 1.03. The van der Waals surface area contributed by atoms with Gasteiger partial charge >= 0.3 is 5.97 Å². The van der Waals surface area contributed by atoms with Crippen molar-refractivity contribution in [3.8, 4) is 0 Å². The average Bonchev–Trinajstić information content (AvgIpc) is 1.88. The fourth-order valence-corrected chi connectivity index (χ4v) is 0.393. The number of allylic oxidation sites excluding steroid dienone is 1. The summed E-state index contributed by atoms with van der Waals surface area (Å²) >= 11 is 0. The molecule has 2 nitrogen and oxygen atoms in total. The van der Waals surface area contributed by atoms with Crippen LogP contribution >= 0.6 is 0 Å². The maximum absolute atomic E-state index is 10.8. The van der Waals surface area contributed by atoms with Crippen LogP contribution in [0.5, 0.6) is 0 Å². The quantitative estimate of drug-likeness (QED) is 0.443. The first-order valence-corrected chi connectivity index (χ1v) is 3.46. The Morgan fingerprint density at radius 2 is 2.20 bits per heavy atom.